The van der Waals surface area contributed by atoms with Crippen molar-refractivity contribution in [1.29, 1.82) is 0 Å². The second kappa shape index (κ2) is 5.97. The van der Waals surface area contributed by atoms with Crippen molar-refractivity contribution in [3.05, 3.63) is 65.7 Å². The molecule has 0 fully saturated rings. The fourth-order valence-corrected chi connectivity index (χ4v) is 3.26. The highest BCUT2D eigenvalue weighted by atomic mass is 16.2. The largest absolute Gasteiger partial charge is 0.362 e. The van der Waals surface area contributed by atoms with E-state index in [1.54, 1.807) is 0 Å². The van der Waals surface area contributed by atoms with Crippen molar-refractivity contribution in [1.82, 2.24) is 4.90 Å². The molecule has 3 heteroatoms. The summed E-state index contributed by atoms with van der Waals surface area (Å²) >= 11 is 0. The Labute approximate surface area is 144 Å². The van der Waals surface area contributed by atoms with Gasteiger partial charge in [-0.1, -0.05) is 63.2 Å². The van der Waals surface area contributed by atoms with E-state index in [2.05, 4.69) is 45.1 Å². The number of carbonyl (C=O) groups is 1. The summed E-state index contributed by atoms with van der Waals surface area (Å²) in [4.78, 5) is 15.2. The number of nitrogens with zero attached hydrogens (tertiary/aromatic N) is 1. The molecule has 3 nitrogen and oxygen atoms in total. The molecule has 3 rings (SSSR count). The van der Waals surface area contributed by atoms with Gasteiger partial charge in [0.2, 0.25) is 0 Å². The Morgan fingerprint density at radius 1 is 1.00 bits per heavy atom. The molecule has 0 bridgehead atoms. The minimum Gasteiger partial charge on any atom is -0.362 e. The molecule has 2 aromatic carbocycles. The molecule has 0 aliphatic carbocycles. The molecule has 1 amide bonds. The number of benzene rings is 2. The summed E-state index contributed by atoms with van der Waals surface area (Å²) in [6, 6.07) is 18.1. The molecule has 24 heavy (non-hydrogen) atoms. The van der Waals surface area contributed by atoms with Crippen LogP contribution in [0.3, 0.4) is 0 Å². The average Bonchev–Trinajstić information content (AvgIpc) is 2.54. The van der Waals surface area contributed by atoms with Gasteiger partial charge in [-0.25, -0.2) is 0 Å². The minimum absolute atomic E-state index is 0.104. The van der Waals surface area contributed by atoms with Gasteiger partial charge in [-0.05, 0) is 31.0 Å². The number of fused-ring (bicyclic) bond motifs is 1. The number of hydrogen-bond acceptors (Lipinski definition) is 2. The number of para-hydroxylation sites is 1. The van der Waals surface area contributed by atoms with E-state index in [-0.39, 0.29) is 11.3 Å². The minimum atomic E-state index is -0.437. The molecule has 0 saturated carbocycles. The summed E-state index contributed by atoms with van der Waals surface area (Å²) in [6.07, 6.45) is 0.849. The van der Waals surface area contributed by atoms with Crippen LogP contribution in [0.4, 0.5) is 5.69 Å². The first-order valence-corrected chi connectivity index (χ1v) is 8.56. The van der Waals surface area contributed by atoms with E-state index < -0.39 is 5.66 Å². The topological polar surface area (TPSA) is 32.3 Å². The van der Waals surface area contributed by atoms with Crippen LogP contribution in [-0.2, 0) is 6.42 Å². The molecule has 0 saturated heterocycles. The molecule has 0 radical (unpaired) electrons. The average molecular weight is 322 g/mol. The summed E-state index contributed by atoms with van der Waals surface area (Å²) in [7, 11) is 0. The van der Waals surface area contributed by atoms with Gasteiger partial charge in [-0.2, -0.15) is 0 Å². The lowest BCUT2D eigenvalue weighted by molar-refractivity contribution is 0.0203. The summed E-state index contributed by atoms with van der Waals surface area (Å²) in [5.74, 6) is 0.109. The van der Waals surface area contributed by atoms with Crippen LogP contribution in [-0.4, -0.2) is 23.0 Å². The van der Waals surface area contributed by atoms with E-state index in [1.807, 2.05) is 47.4 Å². The third-order valence-electron chi connectivity index (χ3n) is 5.25. The van der Waals surface area contributed by atoms with Crippen LogP contribution < -0.4 is 5.32 Å². The van der Waals surface area contributed by atoms with Crippen LogP contribution in [0.25, 0.3) is 0 Å². The zero-order chi connectivity index (χ0) is 17.4. The van der Waals surface area contributed by atoms with Gasteiger partial charge in [0.05, 0.1) is 5.56 Å². The van der Waals surface area contributed by atoms with E-state index in [0.717, 1.165) is 17.7 Å². The monoisotopic (exact) mass is 322 g/mol. The maximum absolute atomic E-state index is 13.2. The Hall–Kier alpha value is -2.29. The molecule has 1 unspecified atom stereocenters. The first-order chi connectivity index (χ1) is 11.3. The van der Waals surface area contributed by atoms with Crippen LogP contribution in [0, 0.1) is 5.41 Å². The lowest BCUT2D eigenvalue weighted by Gasteiger charge is -2.53. The molecule has 1 heterocycles. The Kier molecular flexibility index (Phi) is 4.12. The summed E-state index contributed by atoms with van der Waals surface area (Å²) in [6.45, 7) is 9.36. The number of nitrogens with one attached hydrogen (secondary N) is 1. The molecule has 126 valence electrons. The van der Waals surface area contributed by atoms with Gasteiger partial charge in [0.15, 0.2) is 0 Å². The highest BCUT2D eigenvalue weighted by Gasteiger charge is 2.48. The van der Waals surface area contributed by atoms with E-state index in [9.17, 15) is 4.79 Å². The van der Waals surface area contributed by atoms with Crippen molar-refractivity contribution in [2.45, 2.75) is 39.8 Å². The van der Waals surface area contributed by atoms with Crippen LogP contribution in [0.15, 0.2) is 54.6 Å². The van der Waals surface area contributed by atoms with Gasteiger partial charge in [0, 0.05) is 17.6 Å². The van der Waals surface area contributed by atoms with Crippen molar-refractivity contribution < 1.29 is 4.79 Å². The lowest BCUT2D eigenvalue weighted by atomic mass is 9.78. The van der Waals surface area contributed by atoms with Gasteiger partial charge in [0.25, 0.3) is 5.91 Å². The van der Waals surface area contributed by atoms with E-state index in [0.29, 0.717) is 6.54 Å². The van der Waals surface area contributed by atoms with E-state index in [4.69, 9.17) is 0 Å². The fourth-order valence-electron chi connectivity index (χ4n) is 3.26. The van der Waals surface area contributed by atoms with E-state index in [1.165, 1.54) is 5.56 Å². The molecule has 1 atom stereocenters. The predicted octanol–water partition coefficient (Wildman–Crippen LogP) is 4.56. The number of anilines is 1. The highest BCUT2D eigenvalue weighted by Crippen LogP contribution is 2.41. The first kappa shape index (κ1) is 16.6. The van der Waals surface area contributed by atoms with Crippen LogP contribution in [0.5, 0.6) is 0 Å². The third-order valence-corrected chi connectivity index (χ3v) is 5.25. The number of carbonyl (C=O) groups excluding carboxylic acids is 1. The summed E-state index contributed by atoms with van der Waals surface area (Å²) in [5, 5.41) is 3.64. The first-order valence-electron chi connectivity index (χ1n) is 8.56. The quantitative estimate of drug-likeness (QED) is 0.898. The van der Waals surface area contributed by atoms with Gasteiger partial charge >= 0.3 is 0 Å². The molecule has 0 spiro atoms. The Bertz CT molecular complexity index is 733. The van der Waals surface area contributed by atoms with Crippen LogP contribution in [0.1, 0.15) is 43.6 Å². The highest BCUT2D eigenvalue weighted by molar-refractivity contribution is 6.02. The van der Waals surface area contributed by atoms with Crippen molar-refractivity contribution in [3.63, 3.8) is 0 Å². The fraction of sp³-hybridized carbons (Fsp3) is 0.381. The summed E-state index contributed by atoms with van der Waals surface area (Å²) in [5.41, 5.74) is 2.39. The zero-order valence-corrected chi connectivity index (χ0v) is 15.0. The molecular formula is C21H26N2O. The number of amides is 1. The lowest BCUT2D eigenvalue weighted by Crippen LogP contribution is -2.65. The maximum Gasteiger partial charge on any atom is 0.257 e. The summed E-state index contributed by atoms with van der Waals surface area (Å²) < 4.78 is 0. The second-order valence-electron chi connectivity index (χ2n) is 7.69. The van der Waals surface area contributed by atoms with Crippen LogP contribution in [0.2, 0.25) is 0 Å². The Morgan fingerprint density at radius 3 is 2.29 bits per heavy atom. The maximum atomic E-state index is 13.2. The number of rotatable bonds is 3. The van der Waals surface area contributed by atoms with Crippen LogP contribution >= 0.6 is 0 Å². The molecule has 0 aromatic heterocycles. The molecule has 1 aliphatic rings. The molecule has 1 aliphatic heterocycles. The SMILES string of the molecule is CC(C)(C)C1(C)Nc2ccccc2C(=O)N1CCc1ccccc1. The number of hydrogen-bond donors (Lipinski definition) is 1. The predicted molar refractivity (Wildman–Crippen MR) is 99.1 cm³/mol. The third kappa shape index (κ3) is 2.79. The van der Waals surface area contributed by atoms with Gasteiger partial charge in [-0.3, -0.25) is 4.79 Å². The normalized spacial score (nSPS) is 20.5. The zero-order valence-electron chi connectivity index (χ0n) is 15.0. The van der Waals surface area contributed by atoms with Gasteiger partial charge in [0.1, 0.15) is 5.66 Å². The van der Waals surface area contributed by atoms with Crippen molar-refractivity contribution in [2.75, 3.05) is 11.9 Å². The molecular weight excluding hydrogens is 296 g/mol. The Balaban J connectivity index is 1.95. The molecule has 1 N–H and O–H groups in total. The second-order valence-corrected chi connectivity index (χ2v) is 7.69. The van der Waals surface area contributed by atoms with Crippen molar-refractivity contribution in [2.24, 2.45) is 5.41 Å². The smallest absolute Gasteiger partial charge is 0.257 e. The van der Waals surface area contributed by atoms with Crippen molar-refractivity contribution >= 4 is 11.6 Å². The standard InChI is InChI=1S/C21H26N2O/c1-20(2,3)21(4)22-18-13-9-8-12-17(18)19(24)23(21)15-14-16-10-6-5-7-11-16/h5-13,22H,14-15H2,1-4H3. The molecule has 2 aromatic rings. The van der Waals surface area contributed by atoms with Crippen molar-refractivity contribution in [3.8, 4) is 0 Å². The van der Waals surface area contributed by atoms with E-state index >= 15 is 0 Å². The van der Waals surface area contributed by atoms with Gasteiger partial charge < -0.3 is 10.2 Å². The van der Waals surface area contributed by atoms with Gasteiger partial charge in [-0.15, -0.1) is 0 Å². The Morgan fingerprint density at radius 2 is 1.62 bits per heavy atom.